The van der Waals surface area contributed by atoms with E-state index in [2.05, 4.69) is 0 Å². The number of aryl methyl sites for hydroxylation is 1. The van der Waals surface area contributed by atoms with E-state index < -0.39 is 17.3 Å². The molecule has 3 aromatic rings. The third-order valence-electron chi connectivity index (χ3n) is 4.40. The molecular weight excluding hydrogens is 407 g/mol. The summed E-state index contributed by atoms with van der Waals surface area (Å²) in [7, 11) is -6.84. The van der Waals surface area contributed by atoms with Gasteiger partial charge in [0.25, 0.3) is 10.1 Å². The molecule has 0 spiro atoms. The van der Waals surface area contributed by atoms with Crippen LogP contribution in [0.4, 0.5) is 0 Å². The Morgan fingerprint density at radius 2 is 1.28 bits per heavy atom. The number of rotatable bonds is 9. The molecule has 0 N–H and O–H groups in total. The highest BCUT2D eigenvalue weighted by Gasteiger charge is 2.27. The van der Waals surface area contributed by atoms with E-state index in [1.807, 2.05) is 67.6 Å². The van der Waals surface area contributed by atoms with Crippen molar-refractivity contribution in [3.8, 4) is 0 Å². The second-order valence-corrected chi connectivity index (χ2v) is 10.9. The zero-order valence-electron chi connectivity index (χ0n) is 16.1. The van der Waals surface area contributed by atoms with Crippen molar-refractivity contribution in [2.24, 2.45) is 0 Å². The lowest BCUT2D eigenvalue weighted by atomic mass is 10.2. The molecule has 3 aromatic carbocycles. The summed E-state index contributed by atoms with van der Waals surface area (Å²) in [6, 6.07) is 24.8. The molecule has 0 aliphatic rings. The maximum atomic E-state index is 13.7. The van der Waals surface area contributed by atoms with Gasteiger partial charge in [-0.05, 0) is 19.1 Å². The van der Waals surface area contributed by atoms with Crippen LogP contribution in [0.1, 0.15) is 5.56 Å². The van der Waals surface area contributed by atoms with Crippen LogP contribution in [0.5, 0.6) is 0 Å². The highest BCUT2D eigenvalue weighted by molar-refractivity contribution is 7.86. The monoisotopic (exact) mass is 430 g/mol. The average Bonchev–Trinajstić information content (AvgIpc) is 2.75. The summed E-state index contributed by atoms with van der Waals surface area (Å²) >= 11 is 0. The maximum Gasteiger partial charge on any atom is 0.297 e. The van der Waals surface area contributed by atoms with Crippen molar-refractivity contribution >= 4 is 27.9 Å². The van der Waals surface area contributed by atoms with E-state index in [0.717, 1.165) is 5.56 Å². The van der Waals surface area contributed by atoms with Gasteiger partial charge in [0.15, 0.2) is 7.14 Å². The van der Waals surface area contributed by atoms with Crippen molar-refractivity contribution in [2.45, 2.75) is 11.8 Å². The van der Waals surface area contributed by atoms with Crippen molar-refractivity contribution in [1.82, 2.24) is 0 Å². The van der Waals surface area contributed by atoms with E-state index in [1.165, 1.54) is 12.1 Å². The van der Waals surface area contributed by atoms with Gasteiger partial charge in [0, 0.05) is 10.6 Å². The number of hydrogen-bond acceptors (Lipinski definition) is 5. The van der Waals surface area contributed by atoms with Crippen molar-refractivity contribution in [3.63, 3.8) is 0 Å². The first kappa shape index (κ1) is 21.5. The van der Waals surface area contributed by atoms with E-state index in [9.17, 15) is 13.0 Å². The summed E-state index contributed by atoms with van der Waals surface area (Å²) in [5.74, 6) is 0. The number of hydrogen-bond donors (Lipinski definition) is 0. The maximum absolute atomic E-state index is 13.7. The Kier molecular flexibility index (Phi) is 7.04. The summed E-state index contributed by atoms with van der Waals surface area (Å²) < 4.78 is 48.8. The first-order valence-electron chi connectivity index (χ1n) is 9.16. The minimum absolute atomic E-state index is 0.00868. The quantitative estimate of drug-likeness (QED) is 0.294. The Morgan fingerprint density at radius 3 is 1.79 bits per heavy atom. The summed E-state index contributed by atoms with van der Waals surface area (Å²) in [5, 5.41) is 1.39. The van der Waals surface area contributed by atoms with Gasteiger partial charge in [-0.1, -0.05) is 78.4 Å². The Labute approximate surface area is 171 Å². The second kappa shape index (κ2) is 9.51. The molecule has 0 aromatic heterocycles. The average molecular weight is 430 g/mol. The van der Waals surface area contributed by atoms with Crippen LogP contribution in [0, 0.1) is 6.92 Å². The molecule has 0 aliphatic heterocycles. The van der Waals surface area contributed by atoms with Crippen LogP contribution in [0.3, 0.4) is 0 Å². The molecule has 152 valence electrons. The largest absolute Gasteiger partial charge is 0.371 e. The summed E-state index contributed by atoms with van der Waals surface area (Å²) in [4.78, 5) is 0.0994. The molecule has 5 nitrogen and oxygen atoms in total. The molecule has 0 fully saturated rings. The number of benzene rings is 3. The van der Waals surface area contributed by atoms with E-state index >= 15 is 0 Å². The van der Waals surface area contributed by atoms with Gasteiger partial charge in [-0.25, -0.2) is 0 Å². The topological polar surface area (TPSA) is 69.7 Å². The predicted octanol–water partition coefficient (Wildman–Crippen LogP) is 3.69. The minimum atomic E-state index is -3.85. The van der Waals surface area contributed by atoms with Crippen molar-refractivity contribution in [2.75, 3.05) is 19.6 Å². The fourth-order valence-electron chi connectivity index (χ4n) is 2.80. The smallest absolute Gasteiger partial charge is 0.297 e. The van der Waals surface area contributed by atoms with Gasteiger partial charge in [0.2, 0.25) is 0 Å². The van der Waals surface area contributed by atoms with Crippen LogP contribution in [0.25, 0.3) is 0 Å². The molecule has 0 saturated heterocycles. The van der Waals surface area contributed by atoms with Crippen LogP contribution < -0.4 is 10.6 Å². The van der Waals surface area contributed by atoms with Crippen LogP contribution in [-0.2, 0) is 23.6 Å². The number of ether oxygens (including phenoxy) is 1. The fraction of sp³-hybridized carbons (Fsp3) is 0.182. The lowest BCUT2D eigenvalue weighted by molar-refractivity contribution is 0.134. The highest BCUT2D eigenvalue weighted by atomic mass is 32.2. The van der Waals surface area contributed by atoms with Crippen molar-refractivity contribution in [3.05, 3.63) is 90.5 Å². The van der Waals surface area contributed by atoms with Gasteiger partial charge >= 0.3 is 0 Å². The van der Waals surface area contributed by atoms with Crippen LogP contribution >= 0.6 is 7.14 Å². The molecule has 0 atom stereocenters. The summed E-state index contributed by atoms with van der Waals surface area (Å²) in [6.07, 6.45) is -0.0328. The van der Waals surface area contributed by atoms with Gasteiger partial charge in [0.1, 0.15) is 6.35 Å². The Balaban J connectivity index is 1.63. The highest BCUT2D eigenvalue weighted by Crippen LogP contribution is 2.43. The fourth-order valence-corrected chi connectivity index (χ4v) is 5.99. The van der Waals surface area contributed by atoms with Crippen LogP contribution in [0.15, 0.2) is 89.8 Å². The molecule has 29 heavy (non-hydrogen) atoms. The minimum Gasteiger partial charge on any atom is -0.371 e. The van der Waals surface area contributed by atoms with E-state index in [4.69, 9.17) is 8.92 Å². The summed E-state index contributed by atoms with van der Waals surface area (Å²) in [5.41, 5.74) is 0.963. The molecule has 0 saturated carbocycles. The lowest BCUT2D eigenvalue weighted by Gasteiger charge is -2.19. The van der Waals surface area contributed by atoms with Crippen LogP contribution in [0.2, 0.25) is 0 Å². The van der Waals surface area contributed by atoms with Gasteiger partial charge in [-0.2, -0.15) is 8.42 Å². The standard InChI is InChI=1S/C22H23O5PS/c1-19-12-14-22(15-13-19)29(24,25)27-17-16-26-18-28(23,20-8-4-2-5-9-20)21-10-6-3-7-11-21/h2-15H,16-18H2,1H3. The molecule has 0 aliphatic carbocycles. The van der Waals surface area contributed by atoms with Crippen molar-refractivity contribution < 1.29 is 21.9 Å². The Morgan fingerprint density at radius 1 is 0.759 bits per heavy atom. The molecule has 7 heteroatoms. The lowest BCUT2D eigenvalue weighted by Crippen LogP contribution is -2.21. The Bertz CT molecular complexity index is 1020. The molecular formula is C22H23O5PS. The molecule has 0 radical (unpaired) electrons. The van der Waals surface area contributed by atoms with E-state index in [0.29, 0.717) is 10.6 Å². The molecule has 0 heterocycles. The van der Waals surface area contributed by atoms with Gasteiger partial charge in [-0.15, -0.1) is 0 Å². The van der Waals surface area contributed by atoms with Crippen LogP contribution in [-0.4, -0.2) is 28.0 Å². The van der Waals surface area contributed by atoms with E-state index in [1.54, 1.807) is 12.1 Å². The van der Waals surface area contributed by atoms with E-state index in [-0.39, 0.29) is 24.5 Å². The summed E-state index contributed by atoms with van der Waals surface area (Å²) in [6.45, 7) is 1.73. The molecule has 0 amide bonds. The zero-order valence-corrected chi connectivity index (χ0v) is 17.8. The Hall–Kier alpha value is -2.24. The van der Waals surface area contributed by atoms with Gasteiger partial charge in [0.05, 0.1) is 18.1 Å². The second-order valence-electron chi connectivity index (χ2n) is 6.54. The molecule has 0 bridgehead atoms. The van der Waals surface area contributed by atoms with Gasteiger partial charge < -0.3 is 9.30 Å². The first-order chi connectivity index (χ1) is 13.9. The predicted molar refractivity (Wildman–Crippen MR) is 115 cm³/mol. The third-order valence-corrected chi connectivity index (χ3v) is 8.53. The normalized spacial score (nSPS) is 12.0. The molecule has 3 rings (SSSR count). The van der Waals surface area contributed by atoms with Gasteiger partial charge in [-0.3, -0.25) is 4.18 Å². The SMILES string of the molecule is Cc1ccc(S(=O)(=O)OCCOCP(=O)(c2ccccc2)c2ccccc2)cc1. The zero-order chi connectivity index (χ0) is 20.7. The first-order valence-corrected chi connectivity index (χ1v) is 12.5. The van der Waals surface area contributed by atoms with Crippen molar-refractivity contribution in [1.29, 1.82) is 0 Å². The third kappa shape index (κ3) is 5.43. The molecule has 0 unspecified atom stereocenters.